The first-order chi connectivity index (χ1) is 10.8. The second-order valence-electron chi connectivity index (χ2n) is 5.84. The third-order valence-electron chi connectivity index (χ3n) is 4.02. The molecule has 0 spiro atoms. The van der Waals surface area contributed by atoms with Crippen LogP contribution in [0.4, 0.5) is 0 Å². The summed E-state index contributed by atoms with van der Waals surface area (Å²) in [5.74, 6) is 0. The zero-order chi connectivity index (χ0) is 17.1. The standard InChI is InChI=1S/C15H24N2O4S2/c1-3-12-17(13-8-10-16-11-9-13)23(20,21)15-6-4-14(5-7-15)22(2,18)19/h4-7,13,16H,3,8-12H2,1-2H3. The molecule has 130 valence electrons. The van der Waals surface area contributed by atoms with Gasteiger partial charge in [-0.2, -0.15) is 4.31 Å². The van der Waals surface area contributed by atoms with Crippen LogP contribution in [0.2, 0.25) is 0 Å². The van der Waals surface area contributed by atoms with Gasteiger partial charge in [0, 0.05) is 18.8 Å². The minimum atomic E-state index is -3.61. The van der Waals surface area contributed by atoms with Gasteiger partial charge in [-0.1, -0.05) is 6.92 Å². The van der Waals surface area contributed by atoms with Crippen LogP contribution in [-0.4, -0.2) is 53.1 Å². The highest BCUT2D eigenvalue weighted by Crippen LogP contribution is 2.24. The van der Waals surface area contributed by atoms with Gasteiger partial charge in [-0.05, 0) is 56.6 Å². The van der Waals surface area contributed by atoms with Gasteiger partial charge in [0.25, 0.3) is 0 Å². The molecule has 23 heavy (non-hydrogen) atoms. The first-order valence-electron chi connectivity index (χ1n) is 7.79. The number of hydrogen-bond donors (Lipinski definition) is 1. The maximum atomic E-state index is 12.9. The van der Waals surface area contributed by atoms with Gasteiger partial charge in [-0.15, -0.1) is 0 Å². The Balaban J connectivity index is 2.33. The van der Waals surface area contributed by atoms with Gasteiger partial charge < -0.3 is 5.32 Å². The predicted octanol–water partition coefficient (Wildman–Crippen LogP) is 1.24. The van der Waals surface area contributed by atoms with Crippen molar-refractivity contribution in [3.8, 4) is 0 Å². The first-order valence-corrected chi connectivity index (χ1v) is 11.1. The van der Waals surface area contributed by atoms with E-state index in [1.165, 1.54) is 24.3 Å². The molecule has 0 unspecified atom stereocenters. The van der Waals surface area contributed by atoms with Crippen molar-refractivity contribution in [3.05, 3.63) is 24.3 Å². The molecule has 2 rings (SSSR count). The molecule has 0 aromatic heterocycles. The fourth-order valence-corrected chi connectivity index (χ4v) is 5.22. The van der Waals surface area contributed by atoms with Crippen molar-refractivity contribution in [2.24, 2.45) is 0 Å². The average molecular weight is 361 g/mol. The maximum Gasteiger partial charge on any atom is 0.243 e. The summed E-state index contributed by atoms with van der Waals surface area (Å²) in [6.45, 7) is 4.05. The largest absolute Gasteiger partial charge is 0.317 e. The smallest absolute Gasteiger partial charge is 0.243 e. The Kier molecular flexibility index (Phi) is 5.83. The Bertz CT molecular complexity index is 721. The molecule has 1 aliphatic heterocycles. The number of sulfone groups is 1. The van der Waals surface area contributed by atoms with Gasteiger partial charge in [-0.3, -0.25) is 0 Å². The quantitative estimate of drug-likeness (QED) is 0.825. The van der Waals surface area contributed by atoms with Crippen molar-refractivity contribution in [1.29, 1.82) is 0 Å². The lowest BCUT2D eigenvalue weighted by Crippen LogP contribution is -2.46. The first kappa shape index (κ1) is 18.4. The van der Waals surface area contributed by atoms with Crippen LogP contribution >= 0.6 is 0 Å². The molecule has 0 amide bonds. The molecule has 0 bridgehead atoms. The van der Waals surface area contributed by atoms with E-state index in [1.54, 1.807) is 4.31 Å². The van der Waals surface area contributed by atoms with Crippen molar-refractivity contribution in [2.75, 3.05) is 25.9 Å². The van der Waals surface area contributed by atoms with Crippen LogP contribution in [0, 0.1) is 0 Å². The molecular weight excluding hydrogens is 336 g/mol. The highest BCUT2D eigenvalue weighted by molar-refractivity contribution is 7.90. The molecule has 8 heteroatoms. The van der Waals surface area contributed by atoms with Gasteiger partial charge >= 0.3 is 0 Å². The Hall–Kier alpha value is -0.960. The Labute approximate surface area is 138 Å². The number of hydrogen-bond acceptors (Lipinski definition) is 5. The van der Waals surface area contributed by atoms with Gasteiger partial charge in [0.2, 0.25) is 10.0 Å². The van der Waals surface area contributed by atoms with Gasteiger partial charge in [0.1, 0.15) is 0 Å². The number of benzene rings is 1. The van der Waals surface area contributed by atoms with Crippen LogP contribution in [0.5, 0.6) is 0 Å². The highest BCUT2D eigenvalue weighted by Gasteiger charge is 2.31. The number of nitrogens with one attached hydrogen (secondary N) is 1. The summed E-state index contributed by atoms with van der Waals surface area (Å²) in [6, 6.07) is 5.48. The second kappa shape index (κ2) is 7.29. The summed E-state index contributed by atoms with van der Waals surface area (Å²) in [6.07, 6.45) is 3.43. The van der Waals surface area contributed by atoms with Gasteiger partial charge in [0.05, 0.1) is 9.79 Å². The number of rotatable bonds is 6. The van der Waals surface area contributed by atoms with E-state index >= 15 is 0 Å². The molecule has 0 atom stereocenters. The third-order valence-corrected chi connectivity index (χ3v) is 7.11. The zero-order valence-electron chi connectivity index (χ0n) is 13.5. The fraction of sp³-hybridized carbons (Fsp3) is 0.600. The molecule has 1 N–H and O–H groups in total. The predicted molar refractivity (Wildman–Crippen MR) is 89.6 cm³/mol. The molecule has 1 aromatic rings. The molecule has 1 fully saturated rings. The lowest BCUT2D eigenvalue weighted by molar-refractivity contribution is 0.262. The second-order valence-corrected chi connectivity index (χ2v) is 9.75. The Morgan fingerprint density at radius 1 is 1.04 bits per heavy atom. The van der Waals surface area contributed by atoms with E-state index in [9.17, 15) is 16.8 Å². The van der Waals surface area contributed by atoms with Crippen molar-refractivity contribution in [3.63, 3.8) is 0 Å². The maximum absolute atomic E-state index is 12.9. The molecule has 0 saturated carbocycles. The summed E-state index contributed by atoms with van der Waals surface area (Å²) in [7, 11) is -6.95. The topological polar surface area (TPSA) is 83.6 Å². The number of sulfonamides is 1. The van der Waals surface area contributed by atoms with Gasteiger partial charge in [-0.25, -0.2) is 16.8 Å². The van der Waals surface area contributed by atoms with Gasteiger partial charge in [0.15, 0.2) is 9.84 Å². The summed E-state index contributed by atoms with van der Waals surface area (Å²) < 4.78 is 50.5. The minimum absolute atomic E-state index is 0.00390. The normalized spacial score (nSPS) is 17.5. The van der Waals surface area contributed by atoms with Crippen molar-refractivity contribution < 1.29 is 16.8 Å². The van der Waals surface area contributed by atoms with E-state index in [-0.39, 0.29) is 15.8 Å². The average Bonchev–Trinajstić information content (AvgIpc) is 2.52. The highest BCUT2D eigenvalue weighted by atomic mass is 32.2. The lowest BCUT2D eigenvalue weighted by atomic mass is 10.1. The summed E-state index contributed by atoms with van der Waals surface area (Å²) in [5.41, 5.74) is 0. The lowest BCUT2D eigenvalue weighted by Gasteiger charge is -2.33. The van der Waals surface area contributed by atoms with Crippen LogP contribution in [0.1, 0.15) is 26.2 Å². The molecular formula is C15H24N2O4S2. The van der Waals surface area contributed by atoms with Crippen molar-refractivity contribution >= 4 is 19.9 Å². The Morgan fingerprint density at radius 3 is 2.04 bits per heavy atom. The van der Waals surface area contributed by atoms with E-state index in [0.717, 1.165) is 38.6 Å². The zero-order valence-corrected chi connectivity index (χ0v) is 15.2. The fourth-order valence-electron chi connectivity index (χ4n) is 2.81. The number of nitrogens with zero attached hydrogens (tertiary/aromatic N) is 1. The molecule has 6 nitrogen and oxygen atoms in total. The molecule has 1 saturated heterocycles. The Morgan fingerprint density at radius 2 is 1.57 bits per heavy atom. The van der Waals surface area contributed by atoms with Crippen LogP contribution < -0.4 is 5.32 Å². The minimum Gasteiger partial charge on any atom is -0.317 e. The number of piperidine rings is 1. The molecule has 0 aliphatic carbocycles. The van der Waals surface area contributed by atoms with E-state index < -0.39 is 19.9 Å². The summed E-state index contributed by atoms with van der Waals surface area (Å²) >= 11 is 0. The van der Waals surface area contributed by atoms with Crippen LogP contribution in [0.25, 0.3) is 0 Å². The van der Waals surface area contributed by atoms with Crippen LogP contribution in [0.3, 0.4) is 0 Å². The van der Waals surface area contributed by atoms with E-state index in [1.807, 2.05) is 6.92 Å². The molecule has 0 radical (unpaired) electrons. The third kappa shape index (κ3) is 4.32. The SMILES string of the molecule is CCCN(C1CCNCC1)S(=O)(=O)c1ccc(S(C)(=O)=O)cc1. The van der Waals surface area contributed by atoms with E-state index in [2.05, 4.69) is 5.32 Å². The van der Waals surface area contributed by atoms with Crippen LogP contribution in [0.15, 0.2) is 34.1 Å². The summed E-state index contributed by atoms with van der Waals surface area (Å²) in [4.78, 5) is 0.275. The van der Waals surface area contributed by atoms with Crippen molar-refractivity contribution in [2.45, 2.75) is 42.0 Å². The van der Waals surface area contributed by atoms with E-state index in [0.29, 0.717) is 6.54 Å². The molecule has 1 aliphatic rings. The molecule has 1 heterocycles. The van der Waals surface area contributed by atoms with Crippen molar-refractivity contribution in [1.82, 2.24) is 9.62 Å². The molecule has 1 aromatic carbocycles. The monoisotopic (exact) mass is 360 g/mol. The van der Waals surface area contributed by atoms with E-state index in [4.69, 9.17) is 0 Å². The summed E-state index contributed by atoms with van der Waals surface area (Å²) in [5, 5.41) is 3.24. The van der Waals surface area contributed by atoms with Crippen LogP contribution in [-0.2, 0) is 19.9 Å².